The van der Waals surface area contributed by atoms with E-state index in [9.17, 15) is 9.59 Å². The Bertz CT molecular complexity index is 459. The van der Waals surface area contributed by atoms with Crippen molar-refractivity contribution in [1.29, 1.82) is 0 Å². The van der Waals surface area contributed by atoms with Gasteiger partial charge < -0.3 is 20.5 Å². The van der Waals surface area contributed by atoms with Gasteiger partial charge >= 0.3 is 12.0 Å². The molecule has 0 aromatic heterocycles. The molecule has 1 aromatic rings. The number of carbonyl (C=O) groups is 2. The molecule has 1 atom stereocenters. The maximum atomic E-state index is 11.5. The molecule has 1 rings (SSSR count). The lowest BCUT2D eigenvalue weighted by molar-refractivity contribution is -0.137. The molecular weight excluding hydrogens is 272 g/mol. The van der Waals surface area contributed by atoms with E-state index in [2.05, 4.69) is 10.6 Å². The number of hydrogen-bond donors (Lipinski definition) is 3. The third-order valence-electron chi connectivity index (χ3n) is 2.76. The fourth-order valence-electron chi connectivity index (χ4n) is 1.63. The molecule has 0 saturated carbocycles. The first-order valence-electron chi connectivity index (χ1n) is 6.94. The van der Waals surface area contributed by atoms with Gasteiger partial charge in [-0.25, -0.2) is 4.79 Å². The highest BCUT2D eigenvalue weighted by Gasteiger charge is 2.06. The maximum Gasteiger partial charge on any atom is 0.314 e. The zero-order chi connectivity index (χ0) is 15.7. The topological polar surface area (TPSA) is 87.7 Å². The molecule has 1 aromatic carbocycles. The third-order valence-corrected chi connectivity index (χ3v) is 2.76. The number of benzene rings is 1. The molecule has 0 bridgehead atoms. The van der Waals surface area contributed by atoms with Crippen molar-refractivity contribution in [1.82, 2.24) is 10.6 Å². The Hall–Kier alpha value is -2.24. The van der Waals surface area contributed by atoms with Crippen LogP contribution in [0.3, 0.4) is 0 Å². The second kappa shape index (κ2) is 8.84. The molecule has 0 aliphatic rings. The zero-order valence-electron chi connectivity index (χ0n) is 12.4. The highest BCUT2D eigenvalue weighted by Crippen LogP contribution is 2.12. The number of urea groups is 1. The SMILES string of the molecule is Cc1ccc(OC(C)CNC(=O)NCCCC(=O)O)cc1. The molecule has 21 heavy (non-hydrogen) atoms. The van der Waals surface area contributed by atoms with Crippen LogP contribution >= 0.6 is 0 Å². The zero-order valence-corrected chi connectivity index (χ0v) is 12.4. The Morgan fingerprint density at radius 1 is 1.24 bits per heavy atom. The van der Waals surface area contributed by atoms with E-state index in [4.69, 9.17) is 9.84 Å². The molecule has 3 N–H and O–H groups in total. The minimum atomic E-state index is -0.864. The fraction of sp³-hybridized carbons (Fsp3) is 0.467. The van der Waals surface area contributed by atoms with Crippen LogP contribution in [-0.4, -0.2) is 36.3 Å². The predicted molar refractivity (Wildman–Crippen MR) is 79.5 cm³/mol. The number of carboxylic acid groups (broad SMARTS) is 1. The number of rotatable bonds is 8. The van der Waals surface area contributed by atoms with E-state index in [-0.39, 0.29) is 18.6 Å². The Morgan fingerprint density at radius 3 is 2.52 bits per heavy atom. The van der Waals surface area contributed by atoms with Gasteiger partial charge in [0.05, 0.1) is 6.54 Å². The first-order valence-corrected chi connectivity index (χ1v) is 6.94. The van der Waals surface area contributed by atoms with Crippen LogP contribution < -0.4 is 15.4 Å². The van der Waals surface area contributed by atoms with Gasteiger partial charge in [0.25, 0.3) is 0 Å². The summed E-state index contributed by atoms with van der Waals surface area (Å²) in [4.78, 5) is 21.8. The van der Waals surface area contributed by atoms with Crippen LogP contribution in [0.2, 0.25) is 0 Å². The van der Waals surface area contributed by atoms with E-state index in [1.54, 1.807) is 0 Å². The molecule has 6 heteroatoms. The predicted octanol–water partition coefficient (Wildman–Crippen LogP) is 1.93. The van der Waals surface area contributed by atoms with Crippen LogP contribution in [0.1, 0.15) is 25.3 Å². The van der Waals surface area contributed by atoms with Crippen LogP contribution in [0.4, 0.5) is 4.79 Å². The lowest BCUT2D eigenvalue weighted by Gasteiger charge is -2.16. The van der Waals surface area contributed by atoms with Gasteiger partial charge in [-0.2, -0.15) is 0 Å². The largest absolute Gasteiger partial charge is 0.489 e. The van der Waals surface area contributed by atoms with Crippen molar-refractivity contribution < 1.29 is 19.4 Å². The van der Waals surface area contributed by atoms with Crippen molar-refractivity contribution in [3.05, 3.63) is 29.8 Å². The Labute approximate surface area is 124 Å². The molecule has 0 aliphatic carbocycles. The van der Waals surface area contributed by atoms with Gasteiger partial charge in [0.1, 0.15) is 11.9 Å². The van der Waals surface area contributed by atoms with E-state index < -0.39 is 5.97 Å². The van der Waals surface area contributed by atoms with Crippen LogP contribution in [0, 0.1) is 6.92 Å². The Morgan fingerprint density at radius 2 is 1.90 bits per heavy atom. The third kappa shape index (κ3) is 7.81. The number of ether oxygens (including phenoxy) is 1. The second-order valence-electron chi connectivity index (χ2n) is 4.88. The molecule has 0 aliphatic heterocycles. The summed E-state index contributed by atoms with van der Waals surface area (Å²) in [5.41, 5.74) is 1.16. The standard InChI is InChI=1S/C15H22N2O4/c1-11-5-7-13(8-6-11)21-12(2)10-17-15(20)16-9-3-4-14(18)19/h5-8,12H,3-4,9-10H2,1-2H3,(H,18,19)(H2,16,17,20). The van der Waals surface area contributed by atoms with Gasteiger partial charge in [-0.1, -0.05) is 17.7 Å². The molecule has 0 fully saturated rings. The number of hydrogen-bond acceptors (Lipinski definition) is 3. The second-order valence-corrected chi connectivity index (χ2v) is 4.88. The number of carboxylic acids is 1. The molecule has 0 radical (unpaired) electrons. The van der Waals surface area contributed by atoms with Crippen LogP contribution in [0.15, 0.2) is 24.3 Å². The first-order chi connectivity index (χ1) is 9.97. The van der Waals surface area contributed by atoms with Crippen molar-refractivity contribution in [2.75, 3.05) is 13.1 Å². The first kappa shape index (κ1) is 16.8. The lowest BCUT2D eigenvalue weighted by Crippen LogP contribution is -2.40. The van der Waals surface area contributed by atoms with Crippen LogP contribution in [-0.2, 0) is 4.79 Å². The van der Waals surface area contributed by atoms with Crippen LogP contribution in [0.5, 0.6) is 5.75 Å². The van der Waals surface area contributed by atoms with Gasteiger partial charge in [0.2, 0.25) is 0 Å². The number of aliphatic carboxylic acids is 1. The molecule has 0 heterocycles. The summed E-state index contributed by atoms with van der Waals surface area (Å²) in [5, 5.41) is 13.7. The van der Waals surface area contributed by atoms with E-state index in [0.29, 0.717) is 19.5 Å². The quantitative estimate of drug-likeness (QED) is 0.639. The number of nitrogens with one attached hydrogen (secondary N) is 2. The molecule has 0 spiro atoms. The van der Waals surface area contributed by atoms with Crippen molar-refractivity contribution in [2.24, 2.45) is 0 Å². The summed E-state index contributed by atoms with van der Waals surface area (Å²) in [7, 11) is 0. The van der Waals surface area contributed by atoms with Gasteiger partial charge in [-0.15, -0.1) is 0 Å². The van der Waals surface area contributed by atoms with Gasteiger partial charge in [-0.3, -0.25) is 4.79 Å². The summed E-state index contributed by atoms with van der Waals surface area (Å²) in [6.07, 6.45) is 0.309. The van der Waals surface area contributed by atoms with Crippen molar-refractivity contribution in [3.8, 4) is 5.75 Å². The van der Waals surface area contributed by atoms with Gasteiger partial charge in [0, 0.05) is 13.0 Å². The van der Waals surface area contributed by atoms with Crippen molar-refractivity contribution in [2.45, 2.75) is 32.8 Å². The van der Waals surface area contributed by atoms with E-state index >= 15 is 0 Å². The van der Waals surface area contributed by atoms with E-state index in [1.165, 1.54) is 0 Å². The summed E-state index contributed by atoms with van der Waals surface area (Å²) >= 11 is 0. The minimum Gasteiger partial charge on any atom is -0.489 e. The minimum absolute atomic E-state index is 0.0488. The Kier molecular flexibility index (Phi) is 7.08. The van der Waals surface area contributed by atoms with Crippen molar-refractivity contribution >= 4 is 12.0 Å². The molecular formula is C15H22N2O4. The summed E-state index contributed by atoms with van der Waals surface area (Å²) in [6.45, 7) is 4.58. The smallest absolute Gasteiger partial charge is 0.314 e. The Balaban J connectivity index is 2.17. The van der Waals surface area contributed by atoms with E-state index in [0.717, 1.165) is 11.3 Å². The summed E-state index contributed by atoms with van der Waals surface area (Å²) in [5.74, 6) is -0.103. The normalized spacial score (nSPS) is 11.5. The van der Waals surface area contributed by atoms with Crippen LogP contribution in [0.25, 0.3) is 0 Å². The molecule has 116 valence electrons. The molecule has 0 saturated heterocycles. The average Bonchev–Trinajstić information content (AvgIpc) is 2.44. The molecule has 1 unspecified atom stereocenters. The fourth-order valence-corrected chi connectivity index (χ4v) is 1.63. The average molecular weight is 294 g/mol. The number of carbonyl (C=O) groups excluding carboxylic acids is 1. The van der Waals surface area contributed by atoms with E-state index in [1.807, 2.05) is 38.1 Å². The highest BCUT2D eigenvalue weighted by atomic mass is 16.5. The summed E-state index contributed by atoms with van der Waals surface area (Å²) in [6, 6.07) is 7.38. The maximum absolute atomic E-state index is 11.5. The number of amides is 2. The molecule has 6 nitrogen and oxygen atoms in total. The lowest BCUT2D eigenvalue weighted by atomic mass is 10.2. The van der Waals surface area contributed by atoms with Crippen molar-refractivity contribution in [3.63, 3.8) is 0 Å². The number of aryl methyl sites for hydroxylation is 1. The highest BCUT2D eigenvalue weighted by molar-refractivity contribution is 5.73. The molecule has 2 amide bonds. The monoisotopic (exact) mass is 294 g/mol. The van der Waals surface area contributed by atoms with Gasteiger partial charge in [0.15, 0.2) is 0 Å². The summed E-state index contributed by atoms with van der Waals surface area (Å²) < 4.78 is 5.66. The van der Waals surface area contributed by atoms with Gasteiger partial charge in [-0.05, 0) is 32.4 Å².